The first kappa shape index (κ1) is 47.3. The fraction of sp³-hybridized carbons (Fsp3) is 0.474. The fourth-order valence-electron chi connectivity index (χ4n) is 5.17. The Labute approximate surface area is 325 Å². The minimum atomic E-state index is -6.67. The van der Waals surface area contributed by atoms with Gasteiger partial charge in [0.05, 0.1) is 19.8 Å². The highest BCUT2D eigenvalue weighted by Gasteiger charge is 2.82. The molecule has 1 heterocycles. The van der Waals surface area contributed by atoms with Crippen molar-refractivity contribution < 1.29 is 93.9 Å². The molecule has 1 aliphatic heterocycles. The maximum atomic E-state index is 14.4. The van der Waals surface area contributed by atoms with E-state index in [0.717, 1.165) is 60.7 Å². The van der Waals surface area contributed by atoms with E-state index in [4.69, 9.17) is 4.74 Å². The first-order valence-corrected chi connectivity index (χ1v) is 17.1. The second kappa shape index (κ2) is 16.9. The molecule has 4 rings (SSSR count). The lowest BCUT2D eigenvalue weighted by Crippen LogP contribution is -2.65. The van der Waals surface area contributed by atoms with Crippen LogP contribution in [0.5, 0.6) is 17.2 Å². The van der Waals surface area contributed by atoms with Gasteiger partial charge in [0.25, 0.3) is 0 Å². The normalized spacial score (nSPS) is 15.7. The Morgan fingerprint density at radius 3 is 1.08 bits per heavy atom. The molecule has 0 atom stereocenters. The molecular weight excluding hydrogens is 840 g/mol. The molecule has 59 heavy (non-hydrogen) atoms. The van der Waals surface area contributed by atoms with Crippen LogP contribution < -0.4 is 14.2 Å². The first-order chi connectivity index (χ1) is 27.1. The molecule has 0 radical (unpaired) electrons. The monoisotopic (exact) mass is 874 g/mol. The SMILES string of the molecule is C=Cc1ccc(OCC(F)(F)C(F)(F)C(F)(F)C(F)(F)COc2ccc(-c3ccc(OCC(F)(F)C(F)(F)C(F)(F)C(F)(F)COCC4(CC)COC4)cc3)cc2)cc1. The van der Waals surface area contributed by atoms with Gasteiger partial charge >= 0.3 is 47.4 Å². The van der Waals surface area contributed by atoms with E-state index in [1.165, 1.54) is 18.2 Å². The van der Waals surface area contributed by atoms with E-state index in [9.17, 15) is 70.2 Å². The summed E-state index contributed by atoms with van der Waals surface area (Å²) in [6, 6.07) is 12.3. The van der Waals surface area contributed by atoms with Crippen molar-refractivity contribution in [2.45, 2.75) is 60.7 Å². The third-order valence-corrected chi connectivity index (χ3v) is 9.30. The zero-order chi connectivity index (χ0) is 44.3. The molecule has 0 amide bonds. The van der Waals surface area contributed by atoms with Gasteiger partial charge in [0, 0.05) is 5.41 Å². The zero-order valence-corrected chi connectivity index (χ0v) is 30.5. The summed E-state index contributed by atoms with van der Waals surface area (Å²) in [5.41, 5.74) is -0.0652. The molecule has 0 bridgehead atoms. The van der Waals surface area contributed by atoms with Gasteiger partial charge in [-0.3, -0.25) is 0 Å². The molecule has 328 valence electrons. The number of hydrogen-bond acceptors (Lipinski definition) is 5. The lowest BCUT2D eigenvalue weighted by atomic mass is 9.84. The number of rotatable bonds is 22. The summed E-state index contributed by atoms with van der Waals surface area (Å²) in [4.78, 5) is 0. The molecule has 0 saturated carbocycles. The van der Waals surface area contributed by atoms with Gasteiger partial charge in [0.2, 0.25) is 0 Å². The smallest absolute Gasteiger partial charge is 0.381 e. The van der Waals surface area contributed by atoms with Crippen molar-refractivity contribution in [3.63, 3.8) is 0 Å². The minimum absolute atomic E-state index is 0.0316. The van der Waals surface area contributed by atoms with E-state index in [0.29, 0.717) is 12.0 Å². The Balaban J connectivity index is 1.33. The van der Waals surface area contributed by atoms with E-state index < -0.39 is 103 Å². The Morgan fingerprint density at radius 2 is 0.814 bits per heavy atom. The fourth-order valence-corrected chi connectivity index (χ4v) is 5.17. The van der Waals surface area contributed by atoms with Crippen molar-refractivity contribution in [3.05, 3.63) is 84.9 Å². The van der Waals surface area contributed by atoms with Crippen molar-refractivity contribution in [2.75, 3.05) is 46.2 Å². The summed E-state index contributed by atoms with van der Waals surface area (Å²) in [5.74, 6) is -51.6. The van der Waals surface area contributed by atoms with E-state index in [1.54, 1.807) is 6.92 Å². The molecule has 3 aromatic rings. The topological polar surface area (TPSA) is 46.2 Å². The summed E-state index contributed by atoms with van der Waals surface area (Å²) in [7, 11) is 0. The molecule has 5 nitrogen and oxygen atoms in total. The highest BCUT2D eigenvalue weighted by molar-refractivity contribution is 5.65. The second-order valence-electron chi connectivity index (χ2n) is 13.6. The summed E-state index contributed by atoms with van der Waals surface area (Å²) in [6.07, 6.45) is 1.65. The van der Waals surface area contributed by atoms with Crippen LogP contribution in [0.4, 0.5) is 70.2 Å². The van der Waals surface area contributed by atoms with Gasteiger partial charge in [-0.15, -0.1) is 0 Å². The van der Waals surface area contributed by atoms with Crippen LogP contribution in [0.2, 0.25) is 0 Å². The molecule has 0 aliphatic carbocycles. The van der Waals surface area contributed by atoms with Crippen molar-refractivity contribution in [1.29, 1.82) is 0 Å². The Bertz CT molecular complexity index is 1840. The van der Waals surface area contributed by atoms with Gasteiger partial charge in [-0.05, 0) is 59.5 Å². The van der Waals surface area contributed by atoms with Crippen molar-refractivity contribution >= 4 is 6.08 Å². The molecule has 21 heteroatoms. The van der Waals surface area contributed by atoms with Gasteiger partial charge in [0.15, 0.2) is 19.8 Å². The molecule has 0 spiro atoms. The third-order valence-electron chi connectivity index (χ3n) is 9.30. The van der Waals surface area contributed by atoms with Crippen LogP contribution >= 0.6 is 0 Å². The summed E-state index contributed by atoms with van der Waals surface area (Å²) >= 11 is 0. The third kappa shape index (κ3) is 9.49. The van der Waals surface area contributed by atoms with Gasteiger partial charge in [-0.1, -0.05) is 56.0 Å². The summed E-state index contributed by atoms with van der Waals surface area (Å²) < 4.78 is 253. The largest absolute Gasteiger partial charge is 0.487 e. The molecule has 1 aliphatic rings. The van der Waals surface area contributed by atoms with Crippen LogP contribution in [0.3, 0.4) is 0 Å². The zero-order valence-electron chi connectivity index (χ0n) is 30.5. The highest BCUT2D eigenvalue weighted by Crippen LogP contribution is 2.54. The Kier molecular flexibility index (Phi) is 13.6. The summed E-state index contributed by atoms with van der Waals surface area (Å²) in [6.45, 7) is -5.16. The molecule has 0 unspecified atom stereocenters. The van der Waals surface area contributed by atoms with Crippen LogP contribution in [0.15, 0.2) is 79.4 Å². The minimum Gasteiger partial charge on any atom is -0.487 e. The van der Waals surface area contributed by atoms with Gasteiger partial charge < -0.3 is 23.7 Å². The molecular formula is C38H34F16O5. The Morgan fingerprint density at radius 1 is 0.508 bits per heavy atom. The number of halogens is 16. The predicted molar refractivity (Wildman–Crippen MR) is 179 cm³/mol. The van der Waals surface area contributed by atoms with E-state index >= 15 is 0 Å². The van der Waals surface area contributed by atoms with Crippen LogP contribution in [0, 0.1) is 5.41 Å². The van der Waals surface area contributed by atoms with Crippen LogP contribution in [0.25, 0.3) is 17.2 Å². The van der Waals surface area contributed by atoms with Gasteiger partial charge in [-0.25, -0.2) is 0 Å². The maximum absolute atomic E-state index is 14.4. The lowest BCUT2D eigenvalue weighted by Gasteiger charge is -2.41. The van der Waals surface area contributed by atoms with E-state index in [1.807, 2.05) is 0 Å². The number of hydrogen-bond donors (Lipinski definition) is 0. The average Bonchev–Trinajstić information content (AvgIpc) is 3.16. The average molecular weight is 875 g/mol. The van der Waals surface area contributed by atoms with E-state index in [-0.39, 0.29) is 24.3 Å². The van der Waals surface area contributed by atoms with Crippen LogP contribution in [-0.4, -0.2) is 93.6 Å². The van der Waals surface area contributed by atoms with Gasteiger partial charge in [0.1, 0.15) is 23.9 Å². The quantitative estimate of drug-likeness (QED) is 0.0941. The van der Waals surface area contributed by atoms with Gasteiger partial charge in [-0.2, -0.15) is 70.2 Å². The molecule has 0 N–H and O–H groups in total. The van der Waals surface area contributed by atoms with Crippen molar-refractivity contribution in [1.82, 2.24) is 0 Å². The highest BCUT2D eigenvalue weighted by atomic mass is 19.4. The standard InChI is InChI=1S/C38H34F16O5/c1-3-24-5-11-27(12-6-24)57-21-33(43,44)37(51,52)38(53,54)34(45,46)23-59-29-15-9-26(10-16-29)25-7-13-28(14-8-25)58-22-32(41,42)36(49,50)35(47,48)31(39,40)20-56-19-30(4-2)17-55-18-30/h3,5-16H,1,4,17-23H2,2H3. The molecule has 1 fully saturated rings. The molecule has 1 saturated heterocycles. The van der Waals surface area contributed by atoms with Crippen molar-refractivity contribution in [2.24, 2.45) is 5.41 Å². The number of ether oxygens (including phenoxy) is 5. The maximum Gasteiger partial charge on any atom is 0.381 e. The van der Waals surface area contributed by atoms with E-state index in [2.05, 4.69) is 25.5 Å². The van der Waals surface area contributed by atoms with Crippen LogP contribution in [-0.2, 0) is 9.47 Å². The number of alkyl halides is 16. The van der Waals surface area contributed by atoms with Crippen molar-refractivity contribution in [3.8, 4) is 28.4 Å². The first-order valence-electron chi connectivity index (χ1n) is 17.1. The second-order valence-corrected chi connectivity index (χ2v) is 13.6. The number of benzene rings is 3. The predicted octanol–water partition coefficient (Wildman–Crippen LogP) is 11.4. The lowest BCUT2D eigenvalue weighted by molar-refractivity contribution is -0.375. The molecule has 3 aromatic carbocycles. The van der Waals surface area contributed by atoms with Crippen LogP contribution in [0.1, 0.15) is 18.9 Å². The Hall–Kier alpha value is -4.40. The molecule has 0 aromatic heterocycles. The summed E-state index contributed by atoms with van der Waals surface area (Å²) in [5, 5.41) is 0.